The van der Waals surface area contributed by atoms with Gasteiger partial charge in [0.05, 0.1) is 11.8 Å². The van der Waals surface area contributed by atoms with Crippen LogP contribution in [0.25, 0.3) is 0 Å². The Bertz CT molecular complexity index is 656. The maximum atomic E-state index is 12.5. The van der Waals surface area contributed by atoms with Crippen molar-refractivity contribution in [2.45, 2.75) is 91.0 Å². The van der Waals surface area contributed by atoms with Crippen LogP contribution in [0.1, 0.15) is 85.0 Å². The third-order valence-electron chi connectivity index (χ3n) is 8.29. The van der Waals surface area contributed by atoms with Crippen molar-refractivity contribution in [2.75, 3.05) is 57.4 Å². The summed E-state index contributed by atoms with van der Waals surface area (Å²) in [7, 11) is 3.54. The van der Waals surface area contributed by atoms with Gasteiger partial charge in [-0.05, 0) is 84.0 Å². The maximum Gasteiger partial charge on any atom is 0.307 e. The SMILES string of the molecule is CCCC(=O)OCC1(COC(=O)CCN2CCC(CCCC3CCN(C(C)C)CC3)CC2)CSSC1. The topological polar surface area (TPSA) is 59.1 Å². The molecule has 0 N–H and O–H groups in total. The Kier molecular flexibility index (Phi) is 13.3. The van der Waals surface area contributed by atoms with Crippen LogP contribution >= 0.6 is 21.6 Å². The Hall–Kier alpha value is -0.440. The number of piperidine rings is 2. The Labute approximate surface area is 227 Å². The molecule has 6 nitrogen and oxygen atoms in total. The van der Waals surface area contributed by atoms with Gasteiger partial charge >= 0.3 is 11.9 Å². The normalized spacial score (nSPS) is 22.2. The molecular formula is C28H50N2O4S2. The Morgan fingerprint density at radius 2 is 1.39 bits per heavy atom. The lowest BCUT2D eigenvalue weighted by Gasteiger charge is -2.35. The van der Waals surface area contributed by atoms with E-state index in [0.717, 1.165) is 49.4 Å². The average molecular weight is 543 g/mol. The highest BCUT2D eigenvalue weighted by atomic mass is 33.1. The number of esters is 2. The van der Waals surface area contributed by atoms with E-state index in [2.05, 4.69) is 23.6 Å². The fraction of sp³-hybridized carbons (Fsp3) is 0.929. The summed E-state index contributed by atoms with van der Waals surface area (Å²) in [5.74, 6) is 3.23. The summed E-state index contributed by atoms with van der Waals surface area (Å²) >= 11 is 0. The van der Waals surface area contributed by atoms with Crippen LogP contribution in [0.3, 0.4) is 0 Å². The van der Waals surface area contributed by atoms with Crippen LogP contribution in [0.15, 0.2) is 0 Å². The zero-order valence-corrected chi connectivity index (χ0v) is 24.6. The number of hydrogen-bond acceptors (Lipinski definition) is 8. The van der Waals surface area contributed by atoms with Gasteiger partial charge in [-0.25, -0.2) is 0 Å². The number of nitrogens with zero attached hydrogens (tertiary/aromatic N) is 2. The molecule has 36 heavy (non-hydrogen) atoms. The first-order valence-corrected chi connectivity index (χ1v) is 16.9. The molecule has 0 bridgehead atoms. The average Bonchev–Trinajstić information content (AvgIpc) is 3.35. The second kappa shape index (κ2) is 15.8. The molecule has 8 heteroatoms. The maximum absolute atomic E-state index is 12.5. The second-order valence-corrected chi connectivity index (χ2v) is 14.1. The van der Waals surface area contributed by atoms with Crippen molar-refractivity contribution in [3.05, 3.63) is 0 Å². The van der Waals surface area contributed by atoms with Gasteiger partial charge in [0.25, 0.3) is 0 Å². The van der Waals surface area contributed by atoms with Crippen molar-refractivity contribution in [1.29, 1.82) is 0 Å². The van der Waals surface area contributed by atoms with Crippen LogP contribution in [0.4, 0.5) is 0 Å². The number of likely N-dealkylation sites (tertiary alicyclic amines) is 2. The van der Waals surface area contributed by atoms with E-state index in [-0.39, 0.29) is 17.4 Å². The van der Waals surface area contributed by atoms with Gasteiger partial charge in [-0.1, -0.05) is 47.8 Å². The molecule has 3 heterocycles. The summed E-state index contributed by atoms with van der Waals surface area (Å²) in [6.07, 6.45) is 11.2. The summed E-state index contributed by atoms with van der Waals surface area (Å²) in [6.45, 7) is 12.9. The molecule has 3 aliphatic rings. The zero-order valence-electron chi connectivity index (χ0n) is 23.0. The molecule has 0 spiro atoms. The molecule has 3 saturated heterocycles. The molecule has 0 atom stereocenters. The lowest BCUT2D eigenvalue weighted by molar-refractivity contribution is -0.152. The van der Waals surface area contributed by atoms with Crippen LogP contribution < -0.4 is 0 Å². The van der Waals surface area contributed by atoms with E-state index >= 15 is 0 Å². The van der Waals surface area contributed by atoms with E-state index in [1.165, 1.54) is 58.0 Å². The van der Waals surface area contributed by atoms with Crippen LogP contribution in [0.2, 0.25) is 0 Å². The van der Waals surface area contributed by atoms with E-state index in [4.69, 9.17) is 9.47 Å². The summed E-state index contributed by atoms with van der Waals surface area (Å²) in [6, 6.07) is 0.696. The van der Waals surface area contributed by atoms with Gasteiger partial charge in [-0.15, -0.1) is 0 Å². The molecule has 0 aliphatic carbocycles. The molecule has 3 rings (SSSR count). The molecule has 0 radical (unpaired) electrons. The smallest absolute Gasteiger partial charge is 0.307 e. The van der Waals surface area contributed by atoms with Crippen LogP contribution in [-0.2, 0) is 19.1 Å². The minimum Gasteiger partial charge on any atom is -0.465 e. The monoisotopic (exact) mass is 542 g/mol. The second-order valence-electron chi connectivity index (χ2n) is 11.6. The van der Waals surface area contributed by atoms with Gasteiger partial charge in [0.2, 0.25) is 0 Å². The first-order chi connectivity index (χ1) is 17.4. The van der Waals surface area contributed by atoms with Crippen molar-refractivity contribution in [1.82, 2.24) is 9.80 Å². The molecule has 208 valence electrons. The number of ether oxygens (including phenoxy) is 2. The Morgan fingerprint density at radius 3 is 1.92 bits per heavy atom. The van der Waals surface area contributed by atoms with E-state index in [1.807, 2.05) is 6.92 Å². The van der Waals surface area contributed by atoms with Gasteiger partial charge in [0, 0.05) is 30.5 Å². The van der Waals surface area contributed by atoms with Crippen molar-refractivity contribution in [2.24, 2.45) is 17.3 Å². The van der Waals surface area contributed by atoms with Crippen LogP contribution in [0.5, 0.6) is 0 Å². The van der Waals surface area contributed by atoms with E-state index in [9.17, 15) is 9.59 Å². The molecule has 3 fully saturated rings. The lowest BCUT2D eigenvalue weighted by atomic mass is 9.86. The molecular weight excluding hydrogens is 492 g/mol. The van der Waals surface area contributed by atoms with Gasteiger partial charge in [0.1, 0.15) is 13.2 Å². The van der Waals surface area contributed by atoms with Gasteiger partial charge in [-0.3, -0.25) is 9.59 Å². The fourth-order valence-corrected chi connectivity index (χ4v) is 8.93. The van der Waals surface area contributed by atoms with Crippen LogP contribution in [-0.4, -0.2) is 85.2 Å². The highest BCUT2D eigenvalue weighted by Crippen LogP contribution is 2.43. The van der Waals surface area contributed by atoms with Gasteiger partial charge < -0.3 is 19.3 Å². The summed E-state index contributed by atoms with van der Waals surface area (Å²) in [4.78, 5) is 29.3. The fourth-order valence-electron chi connectivity index (χ4n) is 5.60. The first kappa shape index (κ1) is 30.1. The van der Waals surface area contributed by atoms with Gasteiger partial charge in [-0.2, -0.15) is 0 Å². The van der Waals surface area contributed by atoms with Crippen LogP contribution in [0, 0.1) is 17.3 Å². The minimum atomic E-state index is -0.238. The van der Waals surface area contributed by atoms with Crippen molar-refractivity contribution in [3.63, 3.8) is 0 Å². The molecule has 0 aromatic carbocycles. The summed E-state index contributed by atoms with van der Waals surface area (Å²) in [5, 5.41) is 0. The number of carbonyl (C=O) groups excluding carboxylic acids is 2. The van der Waals surface area contributed by atoms with E-state index in [0.29, 0.717) is 32.1 Å². The van der Waals surface area contributed by atoms with Crippen molar-refractivity contribution in [3.8, 4) is 0 Å². The highest BCUT2D eigenvalue weighted by Gasteiger charge is 2.38. The number of rotatable bonds is 14. The third kappa shape index (κ3) is 10.4. The molecule has 0 saturated carbocycles. The summed E-state index contributed by atoms with van der Waals surface area (Å²) in [5.41, 5.74) is -0.238. The number of hydrogen-bond donors (Lipinski definition) is 0. The molecule has 0 aromatic rings. The summed E-state index contributed by atoms with van der Waals surface area (Å²) < 4.78 is 11.2. The largest absolute Gasteiger partial charge is 0.465 e. The molecule has 0 aromatic heterocycles. The predicted molar refractivity (Wildman–Crippen MR) is 151 cm³/mol. The quantitative estimate of drug-likeness (QED) is 0.206. The predicted octanol–water partition coefficient (Wildman–Crippen LogP) is 5.65. The Morgan fingerprint density at radius 1 is 0.861 bits per heavy atom. The van der Waals surface area contributed by atoms with E-state index in [1.54, 1.807) is 21.6 Å². The third-order valence-corrected chi connectivity index (χ3v) is 11.1. The van der Waals surface area contributed by atoms with Gasteiger partial charge in [0.15, 0.2) is 0 Å². The highest BCUT2D eigenvalue weighted by molar-refractivity contribution is 8.77. The standard InChI is InChI=1S/C28H50N2O4S2/c1-4-6-26(31)33-19-28(21-35-36-22-28)20-34-27(32)13-16-29-14-9-24(10-15-29)7-5-8-25-11-17-30(18-12-25)23(2)3/h23-25H,4-22H2,1-3H3. The minimum absolute atomic E-state index is 0.123. The Balaban J connectivity index is 1.24. The molecule has 0 amide bonds. The van der Waals surface area contributed by atoms with Crippen molar-refractivity contribution >= 4 is 33.5 Å². The van der Waals surface area contributed by atoms with E-state index < -0.39 is 0 Å². The number of carbonyl (C=O) groups is 2. The lowest BCUT2D eigenvalue weighted by Crippen LogP contribution is -2.38. The first-order valence-electron chi connectivity index (χ1n) is 14.4. The zero-order chi connectivity index (χ0) is 25.8. The molecule has 0 unspecified atom stereocenters. The molecule has 3 aliphatic heterocycles. The van der Waals surface area contributed by atoms with Crippen molar-refractivity contribution < 1.29 is 19.1 Å².